The first kappa shape index (κ1) is 22.7. The number of ether oxygens (including phenoxy) is 1. The van der Waals surface area contributed by atoms with Crippen LogP contribution < -0.4 is 6.15 Å². The molecular formula is C18H39NO2. The van der Waals surface area contributed by atoms with Gasteiger partial charge in [0.2, 0.25) is 0 Å². The van der Waals surface area contributed by atoms with Gasteiger partial charge in [0.25, 0.3) is 0 Å². The van der Waals surface area contributed by atoms with Crippen LogP contribution in [-0.2, 0) is 9.53 Å². The lowest BCUT2D eigenvalue weighted by atomic mass is 9.74. The average molecular weight is 302 g/mol. The van der Waals surface area contributed by atoms with E-state index in [1.165, 1.54) is 0 Å². The molecule has 3 nitrogen and oxygen atoms in total. The highest BCUT2D eigenvalue weighted by molar-refractivity contribution is 5.76. The first-order valence-electron chi connectivity index (χ1n) is 8.84. The molecule has 0 unspecified atom stereocenters. The maximum Gasteiger partial charge on any atom is 0.312 e. The summed E-state index contributed by atoms with van der Waals surface area (Å²) in [6.07, 6.45) is 12.0. The molecule has 0 atom stereocenters. The quantitative estimate of drug-likeness (QED) is 0.333. The molecule has 0 rings (SSSR count). The molecule has 0 saturated heterocycles. The Labute approximate surface area is 132 Å². The van der Waals surface area contributed by atoms with Crippen LogP contribution in [0.1, 0.15) is 98.3 Å². The predicted octanol–water partition coefficient (Wildman–Crippen LogP) is 6.05. The van der Waals surface area contributed by atoms with E-state index in [1.54, 1.807) is 0 Å². The molecule has 0 aromatic carbocycles. The lowest BCUT2D eigenvalue weighted by Crippen LogP contribution is -2.33. The van der Waals surface area contributed by atoms with Gasteiger partial charge >= 0.3 is 5.97 Å². The number of unbranched alkanes of at least 4 members (excludes halogenated alkanes) is 4. The second-order valence-corrected chi connectivity index (χ2v) is 6.08. The van der Waals surface area contributed by atoms with Crippen molar-refractivity contribution < 1.29 is 9.53 Å². The molecule has 0 saturated carbocycles. The highest BCUT2D eigenvalue weighted by Gasteiger charge is 2.37. The number of carbonyl (C=O) groups is 1. The summed E-state index contributed by atoms with van der Waals surface area (Å²) in [6, 6.07) is 0. The van der Waals surface area contributed by atoms with Crippen molar-refractivity contribution in [2.75, 3.05) is 6.61 Å². The first-order chi connectivity index (χ1) is 9.66. The number of rotatable bonds is 13. The van der Waals surface area contributed by atoms with Crippen molar-refractivity contribution in [1.82, 2.24) is 6.15 Å². The van der Waals surface area contributed by atoms with Gasteiger partial charge in [0.15, 0.2) is 0 Å². The molecule has 0 amide bonds. The standard InChI is InChI=1S/C18H36O2.H3N/c1-5-9-13-18(14-10-6-2,15-11-7-3)17(19)20-16-12-8-4;/h5-16H2,1-4H3;1H3. The van der Waals surface area contributed by atoms with Gasteiger partial charge in [-0.25, -0.2) is 0 Å². The van der Waals surface area contributed by atoms with Crippen LogP contribution in [0.25, 0.3) is 0 Å². The third kappa shape index (κ3) is 9.13. The van der Waals surface area contributed by atoms with Crippen LogP contribution in [0, 0.1) is 5.41 Å². The van der Waals surface area contributed by atoms with E-state index in [4.69, 9.17) is 4.74 Å². The van der Waals surface area contributed by atoms with Crippen LogP contribution in [0.3, 0.4) is 0 Å². The molecule has 0 aliphatic heterocycles. The fraction of sp³-hybridized carbons (Fsp3) is 0.944. The van der Waals surface area contributed by atoms with Gasteiger partial charge in [-0.2, -0.15) is 0 Å². The molecule has 0 bridgehead atoms. The third-order valence-corrected chi connectivity index (χ3v) is 4.19. The summed E-state index contributed by atoms with van der Waals surface area (Å²) in [6.45, 7) is 9.33. The Morgan fingerprint density at radius 1 is 0.762 bits per heavy atom. The summed E-state index contributed by atoms with van der Waals surface area (Å²) in [5, 5.41) is 0. The maximum atomic E-state index is 12.6. The van der Waals surface area contributed by atoms with E-state index in [9.17, 15) is 4.79 Å². The zero-order valence-electron chi connectivity index (χ0n) is 15.0. The lowest BCUT2D eigenvalue weighted by Gasteiger charge is -2.32. The number of hydrogen-bond acceptors (Lipinski definition) is 3. The van der Waals surface area contributed by atoms with Crippen molar-refractivity contribution in [3.8, 4) is 0 Å². The van der Waals surface area contributed by atoms with Crippen LogP contribution in [0.4, 0.5) is 0 Å². The van der Waals surface area contributed by atoms with E-state index in [2.05, 4.69) is 27.7 Å². The summed E-state index contributed by atoms with van der Waals surface area (Å²) in [5.74, 6) is 0.0845. The molecule has 0 spiro atoms. The van der Waals surface area contributed by atoms with Crippen LogP contribution in [0.5, 0.6) is 0 Å². The van der Waals surface area contributed by atoms with Gasteiger partial charge in [-0.05, 0) is 25.7 Å². The van der Waals surface area contributed by atoms with Crippen molar-refractivity contribution in [2.45, 2.75) is 98.3 Å². The molecule has 0 aromatic rings. The summed E-state index contributed by atoms with van der Waals surface area (Å²) in [7, 11) is 0. The van der Waals surface area contributed by atoms with Gasteiger partial charge in [0, 0.05) is 0 Å². The van der Waals surface area contributed by atoms with Crippen LogP contribution in [0.15, 0.2) is 0 Å². The van der Waals surface area contributed by atoms with Gasteiger partial charge < -0.3 is 10.9 Å². The molecule has 0 aliphatic carbocycles. The van der Waals surface area contributed by atoms with Crippen molar-refractivity contribution in [3.05, 3.63) is 0 Å². The Kier molecular flexibility index (Phi) is 15.5. The lowest BCUT2D eigenvalue weighted by molar-refractivity contribution is -0.158. The predicted molar refractivity (Wildman–Crippen MR) is 91.9 cm³/mol. The fourth-order valence-electron chi connectivity index (χ4n) is 2.69. The summed E-state index contributed by atoms with van der Waals surface area (Å²) >= 11 is 0. The van der Waals surface area contributed by atoms with Crippen molar-refractivity contribution in [2.24, 2.45) is 5.41 Å². The highest BCUT2D eigenvalue weighted by Crippen LogP contribution is 2.38. The monoisotopic (exact) mass is 301 g/mol. The molecule has 0 fully saturated rings. The fourth-order valence-corrected chi connectivity index (χ4v) is 2.69. The summed E-state index contributed by atoms with van der Waals surface area (Å²) in [5.41, 5.74) is -0.199. The van der Waals surface area contributed by atoms with Gasteiger partial charge in [-0.3, -0.25) is 4.79 Å². The average Bonchev–Trinajstić information content (AvgIpc) is 2.47. The Morgan fingerprint density at radius 3 is 1.48 bits per heavy atom. The summed E-state index contributed by atoms with van der Waals surface area (Å²) in [4.78, 5) is 12.6. The van der Waals surface area contributed by atoms with Crippen molar-refractivity contribution in [3.63, 3.8) is 0 Å². The Hall–Kier alpha value is -0.570. The Morgan fingerprint density at radius 2 is 1.14 bits per heavy atom. The van der Waals surface area contributed by atoms with Gasteiger partial charge in [-0.1, -0.05) is 72.6 Å². The molecule has 0 radical (unpaired) electrons. The number of esters is 1. The van der Waals surface area contributed by atoms with Gasteiger partial charge in [0.1, 0.15) is 0 Å². The molecule has 3 heteroatoms. The SMILES string of the molecule is CCCCOC(=O)C(CCCC)(CCCC)CCCC.N. The minimum atomic E-state index is -0.199. The van der Waals surface area contributed by atoms with E-state index in [-0.39, 0.29) is 17.5 Å². The van der Waals surface area contributed by atoms with Crippen LogP contribution >= 0.6 is 0 Å². The van der Waals surface area contributed by atoms with Crippen molar-refractivity contribution in [1.29, 1.82) is 0 Å². The first-order valence-corrected chi connectivity index (χ1v) is 8.84. The van der Waals surface area contributed by atoms with Gasteiger partial charge in [0.05, 0.1) is 12.0 Å². The topological polar surface area (TPSA) is 61.3 Å². The molecule has 0 aromatic heterocycles. The zero-order valence-corrected chi connectivity index (χ0v) is 15.0. The van der Waals surface area contributed by atoms with Crippen molar-refractivity contribution >= 4 is 5.97 Å². The molecule has 3 N–H and O–H groups in total. The second-order valence-electron chi connectivity index (χ2n) is 6.08. The smallest absolute Gasteiger partial charge is 0.312 e. The second kappa shape index (κ2) is 14.4. The van der Waals surface area contributed by atoms with Crippen LogP contribution in [0.2, 0.25) is 0 Å². The zero-order chi connectivity index (χ0) is 15.3. The molecule has 0 heterocycles. The number of carbonyl (C=O) groups excluding carboxylic acids is 1. The molecule has 128 valence electrons. The maximum absolute atomic E-state index is 12.6. The van der Waals surface area contributed by atoms with Gasteiger partial charge in [-0.15, -0.1) is 0 Å². The minimum absolute atomic E-state index is 0. The molecule has 21 heavy (non-hydrogen) atoms. The third-order valence-electron chi connectivity index (χ3n) is 4.19. The Bertz CT molecular complexity index is 220. The van der Waals surface area contributed by atoms with E-state index < -0.39 is 0 Å². The summed E-state index contributed by atoms with van der Waals surface area (Å²) < 4.78 is 5.60. The minimum Gasteiger partial charge on any atom is -0.465 e. The van der Waals surface area contributed by atoms with Crippen LogP contribution in [-0.4, -0.2) is 12.6 Å². The largest absolute Gasteiger partial charge is 0.465 e. The van der Waals surface area contributed by atoms with E-state index >= 15 is 0 Å². The molecular weight excluding hydrogens is 262 g/mol. The highest BCUT2D eigenvalue weighted by atomic mass is 16.5. The van der Waals surface area contributed by atoms with E-state index in [0.29, 0.717) is 6.61 Å². The Balaban J connectivity index is 0. The normalized spacial score (nSPS) is 11.0. The van der Waals surface area contributed by atoms with E-state index in [1.807, 2.05) is 0 Å². The number of hydrogen-bond donors (Lipinski definition) is 1. The molecule has 0 aliphatic rings. The van der Waals surface area contributed by atoms with E-state index in [0.717, 1.165) is 70.6 Å².